The summed E-state index contributed by atoms with van der Waals surface area (Å²) in [6.07, 6.45) is 5.93. The predicted molar refractivity (Wildman–Crippen MR) is 73.1 cm³/mol. The van der Waals surface area contributed by atoms with Crippen molar-refractivity contribution in [2.45, 2.75) is 70.6 Å². The van der Waals surface area contributed by atoms with Crippen LogP contribution in [0, 0.1) is 5.92 Å². The zero-order chi connectivity index (χ0) is 13.7. The first-order valence-electron chi connectivity index (χ1n) is 7.69. The third-order valence-corrected chi connectivity index (χ3v) is 4.31. The molecule has 0 radical (unpaired) electrons. The first kappa shape index (κ1) is 15.2. The molecule has 4 nitrogen and oxygen atoms in total. The fraction of sp³-hybridized carbons (Fsp3) is 1.00. The van der Waals surface area contributed by atoms with Crippen molar-refractivity contribution in [2.24, 2.45) is 5.92 Å². The highest BCUT2D eigenvalue weighted by molar-refractivity contribution is 4.87. The van der Waals surface area contributed by atoms with Gasteiger partial charge in [-0.15, -0.1) is 0 Å². The quantitative estimate of drug-likeness (QED) is 0.681. The van der Waals surface area contributed by atoms with Gasteiger partial charge in [-0.3, -0.25) is 0 Å². The zero-order valence-corrected chi connectivity index (χ0v) is 12.5. The molecule has 2 saturated heterocycles. The molecule has 112 valence electrons. The lowest BCUT2D eigenvalue weighted by molar-refractivity contribution is -0.200. The lowest BCUT2D eigenvalue weighted by Crippen LogP contribution is -2.44. The van der Waals surface area contributed by atoms with Gasteiger partial charge in [0, 0.05) is 20.1 Å². The summed E-state index contributed by atoms with van der Waals surface area (Å²) in [5, 5.41) is 0. The van der Waals surface area contributed by atoms with E-state index in [1.807, 2.05) is 0 Å². The van der Waals surface area contributed by atoms with Gasteiger partial charge >= 0.3 is 0 Å². The molecule has 2 aliphatic rings. The Hall–Kier alpha value is -0.160. The molecule has 2 aliphatic heterocycles. The fourth-order valence-electron chi connectivity index (χ4n) is 2.86. The third-order valence-electron chi connectivity index (χ3n) is 4.31. The smallest absolute Gasteiger partial charge is 0.184 e. The molecule has 2 heterocycles. The van der Waals surface area contributed by atoms with E-state index in [4.69, 9.17) is 18.9 Å². The highest BCUT2D eigenvalue weighted by atomic mass is 16.7. The Kier molecular flexibility index (Phi) is 6.07. The van der Waals surface area contributed by atoms with E-state index in [2.05, 4.69) is 13.8 Å². The van der Waals surface area contributed by atoms with Gasteiger partial charge in [0.05, 0.1) is 12.7 Å². The van der Waals surface area contributed by atoms with Crippen molar-refractivity contribution in [3.63, 3.8) is 0 Å². The summed E-state index contributed by atoms with van der Waals surface area (Å²) in [5.74, 6) is 0.668. The van der Waals surface area contributed by atoms with Crippen LogP contribution in [0.15, 0.2) is 0 Å². The molecule has 1 unspecified atom stereocenters. The summed E-state index contributed by atoms with van der Waals surface area (Å²) in [6, 6.07) is 0. The molecule has 0 saturated carbocycles. The predicted octanol–water partition coefficient (Wildman–Crippen LogP) is 2.75. The van der Waals surface area contributed by atoms with Gasteiger partial charge < -0.3 is 18.9 Å². The second-order valence-electron chi connectivity index (χ2n) is 5.67. The van der Waals surface area contributed by atoms with E-state index in [-0.39, 0.29) is 24.6 Å². The lowest BCUT2D eigenvalue weighted by atomic mass is 9.99. The summed E-state index contributed by atoms with van der Waals surface area (Å²) in [6.45, 7) is 5.96. The van der Waals surface area contributed by atoms with Gasteiger partial charge in [-0.25, -0.2) is 0 Å². The minimum atomic E-state index is -0.183. The van der Waals surface area contributed by atoms with E-state index in [0.717, 1.165) is 13.0 Å². The van der Waals surface area contributed by atoms with Gasteiger partial charge in [-0.1, -0.05) is 33.1 Å². The molecule has 0 N–H and O–H groups in total. The average Bonchev–Trinajstić information content (AvgIpc) is 2.86. The number of unbranched alkanes of at least 4 members (excludes halogenated alkanes) is 1. The number of fused-ring (bicyclic) bond motifs is 2. The maximum Gasteiger partial charge on any atom is 0.184 e. The monoisotopic (exact) mass is 272 g/mol. The standard InChI is InChI=1S/C15H28O4/c1-4-6-7-11(5-2)9-17-12-8-13(16-3)15-18-10-14(12)19-15/h11-15H,4-10H2,1-3H3/t11?,12-,13+,14+,15-/m0/s1. The van der Waals surface area contributed by atoms with Crippen LogP contribution < -0.4 is 0 Å². The summed E-state index contributed by atoms with van der Waals surface area (Å²) < 4.78 is 22.9. The third kappa shape index (κ3) is 3.91. The molecule has 0 aliphatic carbocycles. The van der Waals surface area contributed by atoms with E-state index in [1.165, 1.54) is 25.7 Å². The molecule has 2 rings (SSSR count). The Morgan fingerprint density at radius 3 is 2.79 bits per heavy atom. The molecule has 0 amide bonds. The van der Waals surface area contributed by atoms with Gasteiger partial charge in [0.25, 0.3) is 0 Å². The van der Waals surface area contributed by atoms with E-state index >= 15 is 0 Å². The normalized spacial score (nSPS) is 35.5. The Bertz CT molecular complexity index is 259. The molecule has 2 fully saturated rings. The molecular weight excluding hydrogens is 244 g/mol. The Labute approximate surface area is 116 Å². The van der Waals surface area contributed by atoms with Crippen LogP contribution in [0.25, 0.3) is 0 Å². The number of hydrogen-bond donors (Lipinski definition) is 0. The van der Waals surface area contributed by atoms with Crippen molar-refractivity contribution >= 4 is 0 Å². The van der Waals surface area contributed by atoms with Gasteiger partial charge in [0.1, 0.15) is 12.2 Å². The second-order valence-corrected chi connectivity index (χ2v) is 5.67. The molecule has 0 aromatic carbocycles. The van der Waals surface area contributed by atoms with E-state index in [9.17, 15) is 0 Å². The molecule has 4 heteroatoms. The van der Waals surface area contributed by atoms with Crippen molar-refractivity contribution in [3.05, 3.63) is 0 Å². The molecule has 2 bridgehead atoms. The summed E-state index contributed by atoms with van der Waals surface area (Å²) >= 11 is 0. The molecule has 0 spiro atoms. The fourth-order valence-corrected chi connectivity index (χ4v) is 2.86. The van der Waals surface area contributed by atoms with Crippen LogP contribution in [0.1, 0.15) is 46.0 Å². The SMILES string of the molecule is CCCCC(CC)CO[C@H]1C[C@@H](OC)[C@H]2OC[C@H]1O2. The maximum atomic E-state index is 6.11. The highest BCUT2D eigenvalue weighted by Crippen LogP contribution is 2.31. The van der Waals surface area contributed by atoms with Crippen molar-refractivity contribution in [2.75, 3.05) is 20.3 Å². The molecular formula is C15H28O4. The highest BCUT2D eigenvalue weighted by Gasteiger charge is 2.44. The van der Waals surface area contributed by atoms with E-state index < -0.39 is 0 Å². The van der Waals surface area contributed by atoms with Crippen molar-refractivity contribution in [1.29, 1.82) is 0 Å². The first-order chi connectivity index (χ1) is 9.28. The van der Waals surface area contributed by atoms with Gasteiger partial charge in [-0.2, -0.15) is 0 Å². The Morgan fingerprint density at radius 1 is 1.26 bits per heavy atom. The van der Waals surface area contributed by atoms with Gasteiger partial charge in [0.2, 0.25) is 0 Å². The molecule has 5 atom stereocenters. The van der Waals surface area contributed by atoms with Crippen LogP contribution in [0.5, 0.6) is 0 Å². The van der Waals surface area contributed by atoms with Crippen molar-refractivity contribution in [1.82, 2.24) is 0 Å². The van der Waals surface area contributed by atoms with E-state index in [0.29, 0.717) is 12.5 Å². The first-order valence-corrected chi connectivity index (χ1v) is 7.69. The van der Waals surface area contributed by atoms with Crippen molar-refractivity contribution < 1.29 is 18.9 Å². The average molecular weight is 272 g/mol. The van der Waals surface area contributed by atoms with Crippen molar-refractivity contribution in [3.8, 4) is 0 Å². The van der Waals surface area contributed by atoms with E-state index in [1.54, 1.807) is 7.11 Å². The number of hydrogen-bond acceptors (Lipinski definition) is 4. The zero-order valence-electron chi connectivity index (χ0n) is 12.5. The minimum absolute atomic E-state index is 0.0134. The molecule has 0 aromatic rings. The minimum Gasteiger partial charge on any atom is -0.376 e. The van der Waals surface area contributed by atoms with Crippen LogP contribution in [0.3, 0.4) is 0 Å². The summed E-state index contributed by atoms with van der Waals surface area (Å²) in [7, 11) is 1.71. The number of methoxy groups -OCH3 is 1. The maximum absolute atomic E-state index is 6.11. The van der Waals surface area contributed by atoms with Gasteiger partial charge in [0.15, 0.2) is 6.29 Å². The Morgan fingerprint density at radius 2 is 2.11 bits per heavy atom. The molecule has 0 aromatic heterocycles. The lowest BCUT2D eigenvalue weighted by Gasteiger charge is -2.33. The summed E-state index contributed by atoms with van der Waals surface area (Å²) in [4.78, 5) is 0. The largest absolute Gasteiger partial charge is 0.376 e. The van der Waals surface area contributed by atoms with Crippen LogP contribution in [-0.4, -0.2) is 44.9 Å². The topological polar surface area (TPSA) is 36.9 Å². The van der Waals surface area contributed by atoms with Crippen LogP contribution in [0.2, 0.25) is 0 Å². The summed E-state index contributed by atoms with van der Waals surface area (Å²) in [5.41, 5.74) is 0. The Balaban J connectivity index is 1.78. The van der Waals surface area contributed by atoms with Crippen LogP contribution in [0.4, 0.5) is 0 Å². The molecule has 19 heavy (non-hydrogen) atoms. The van der Waals surface area contributed by atoms with Crippen LogP contribution in [-0.2, 0) is 18.9 Å². The number of ether oxygens (including phenoxy) is 4. The van der Waals surface area contributed by atoms with Crippen LogP contribution >= 0.6 is 0 Å². The number of rotatable bonds is 8. The van der Waals surface area contributed by atoms with Gasteiger partial charge in [-0.05, 0) is 12.3 Å². The second kappa shape index (κ2) is 7.58.